The fraction of sp³-hybridized carbons (Fsp3) is 0.125. The third-order valence-electron chi connectivity index (χ3n) is 3.29. The van der Waals surface area contributed by atoms with E-state index in [1.807, 2.05) is 36.4 Å². The van der Waals surface area contributed by atoms with Crippen LogP contribution in [0.25, 0.3) is 10.9 Å². The molecule has 0 amide bonds. The lowest BCUT2D eigenvalue weighted by molar-refractivity contribution is 0.371. The van der Waals surface area contributed by atoms with Gasteiger partial charge in [-0.1, -0.05) is 24.3 Å². The van der Waals surface area contributed by atoms with Crippen LogP contribution in [-0.2, 0) is 6.54 Å². The number of anilines is 1. The molecular formula is C16H15N3O2. The Balaban J connectivity index is 1.87. The number of methoxy groups -OCH3 is 1. The number of phenolic OH excluding ortho intramolecular Hbond substituents is 1. The number of hydrogen-bond donors (Lipinski definition) is 2. The van der Waals surface area contributed by atoms with Crippen LogP contribution in [0.3, 0.4) is 0 Å². The van der Waals surface area contributed by atoms with Gasteiger partial charge in [0.25, 0.3) is 0 Å². The molecule has 3 rings (SSSR count). The summed E-state index contributed by atoms with van der Waals surface area (Å²) in [5, 5.41) is 14.3. The van der Waals surface area contributed by atoms with Crippen molar-refractivity contribution in [3.63, 3.8) is 0 Å². The molecule has 2 N–H and O–H groups in total. The van der Waals surface area contributed by atoms with E-state index in [9.17, 15) is 5.11 Å². The molecule has 0 spiro atoms. The number of benzene rings is 2. The molecule has 1 heterocycles. The van der Waals surface area contributed by atoms with Crippen LogP contribution in [0, 0.1) is 0 Å². The van der Waals surface area contributed by atoms with E-state index in [4.69, 9.17) is 4.74 Å². The van der Waals surface area contributed by atoms with Gasteiger partial charge in [0.2, 0.25) is 0 Å². The van der Waals surface area contributed by atoms with E-state index in [0.29, 0.717) is 12.3 Å². The Kier molecular flexibility index (Phi) is 3.55. The van der Waals surface area contributed by atoms with Crippen molar-refractivity contribution in [2.45, 2.75) is 6.54 Å². The molecule has 0 radical (unpaired) electrons. The van der Waals surface area contributed by atoms with Gasteiger partial charge in [0.15, 0.2) is 11.5 Å². The zero-order valence-corrected chi connectivity index (χ0v) is 11.6. The topological polar surface area (TPSA) is 67.3 Å². The van der Waals surface area contributed by atoms with Gasteiger partial charge in [0.1, 0.15) is 12.1 Å². The molecule has 5 heteroatoms. The standard InChI is InChI=1S/C16H15N3O2/c1-21-14-8-4-5-11(15(14)20)9-17-16-12-6-2-3-7-13(12)18-10-19-16/h2-8,10,20H,9H2,1H3,(H,17,18,19). The molecule has 0 aliphatic carbocycles. The lowest BCUT2D eigenvalue weighted by atomic mass is 10.1. The predicted octanol–water partition coefficient (Wildman–Crippen LogP) is 2.96. The van der Waals surface area contributed by atoms with Crippen molar-refractivity contribution in [2.75, 3.05) is 12.4 Å². The van der Waals surface area contributed by atoms with Crippen LogP contribution in [-0.4, -0.2) is 22.2 Å². The number of nitrogens with one attached hydrogen (secondary N) is 1. The Morgan fingerprint density at radius 2 is 1.95 bits per heavy atom. The summed E-state index contributed by atoms with van der Waals surface area (Å²) in [5.41, 5.74) is 1.63. The molecule has 0 saturated heterocycles. The molecule has 3 aromatic rings. The second-order valence-corrected chi connectivity index (χ2v) is 4.56. The van der Waals surface area contributed by atoms with E-state index >= 15 is 0 Å². The predicted molar refractivity (Wildman–Crippen MR) is 81.5 cm³/mol. The number of ether oxygens (including phenoxy) is 1. The fourth-order valence-corrected chi connectivity index (χ4v) is 2.20. The maximum absolute atomic E-state index is 10.1. The van der Waals surface area contributed by atoms with E-state index < -0.39 is 0 Å². The molecule has 0 fully saturated rings. The van der Waals surface area contributed by atoms with Gasteiger partial charge in [-0.05, 0) is 18.2 Å². The third kappa shape index (κ3) is 2.58. The van der Waals surface area contributed by atoms with Crippen LogP contribution in [0.5, 0.6) is 11.5 Å². The average molecular weight is 281 g/mol. The first-order chi connectivity index (χ1) is 10.3. The van der Waals surface area contributed by atoms with E-state index in [1.54, 1.807) is 6.07 Å². The minimum atomic E-state index is 0.144. The second-order valence-electron chi connectivity index (χ2n) is 4.56. The monoisotopic (exact) mass is 281 g/mol. The molecule has 0 saturated carbocycles. The van der Waals surface area contributed by atoms with Crippen molar-refractivity contribution in [3.8, 4) is 11.5 Å². The zero-order chi connectivity index (χ0) is 14.7. The van der Waals surface area contributed by atoms with Gasteiger partial charge < -0.3 is 15.2 Å². The lowest BCUT2D eigenvalue weighted by Crippen LogP contribution is -2.03. The summed E-state index contributed by atoms with van der Waals surface area (Å²) >= 11 is 0. The van der Waals surface area contributed by atoms with Gasteiger partial charge in [-0.25, -0.2) is 9.97 Å². The maximum Gasteiger partial charge on any atom is 0.162 e. The third-order valence-corrected chi connectivity index (χ3v) is 3.29. The van der Waals surface area contributed by atoms with E-state index in [0.717, 1.165) is 22.3 Å². The molecule has 0 atom stereocenters. The SMILES string of the molecule is COc1cccc(CNc2ncnc3ccccc23)c1O. The minimum absolute atomic E-state index is 0.144. The number of hydrogen-bond acceptors (Lipinski definition) is 5. The molecule has 2 aromatic carbocycles. The highest BCUT2D eigenvalue weighted by Crippen LogP contribution is 2.30. The molecule has 0 aliphatic rings. The Labute approximate surface area is 122 Å². The highest BCUT2D eigenvalue weighted by molar-refractivity contribution is 5.88. The van der Waals surface area contributed by atoms with Gasteiger partial charge >= 0.3 is 0 Å². The normalized spacial score (nSPS) is 10.5. The lowest BCUT2D eigenvalue weighted by Gasteiger charge is -2.11. The van der Waals surface area contributed by atoms with Crippen molar-refractivity contribution >= 4 is 16.7 Å². The van der Waals surface area contributed by atoms with Crippen LogP contribution in [0.1, 0.15) is 5.56 Å². The number of aromatic nitrogens is 2. The molecule has 0 aliphatic heterocycles. The largest absolute Gasteiger partial charge is 0.504 e. The first-order valence-electron chi connectivity index (χ1n) is 6.58. The minimum Gasteiger partial charge on any atom is -0.504 e. The van der Waals surface area contributed by atoms with E-state index in [2.05, 4.69) is 15.3 Å². The van der Waals surface area contributed by atoms with Crippen LogP contribution in [0.15, 0.2) is 48.8 Å². The van der Waals surface area contributed by atoms with Gasteiger partial charge in [0, 0.05) is 17.5 Å². The summed E-state index contributed by atoms with van der Waals surface area (Å²) in [5.74, 6) is 1.34. The van der Waals surface area contributed by atoms with Gasteiger partial charge in [0.05, 0.1) is 12.6 Å². The van der Waals surface area contributed by atoms with Gasteiger partial charge in [-0.2, -0.15) is 0 Å². The first kappa shape index (κ1) is 13.2. The molecular weight excluding hydrogens is 266 g/mol. The van der Waals surface area contributed by atoms with E-state index in [1.165, 1.54) is 13.4 Å². The number of rotatable bonds is 4. The summed E-state index contributed by atoms with van der Waals surface area (Å²) in [6.45, 7) is 0.448. The van der Waals surface area contributed by atoms with Crippen molar-refractivity contribution in [1.82, 2.24) is 9.97 Å². The summed E-state index contributed by atoms with van der Waals surface area (Å²) in [6.07, 6.45) is 1.52. The number of para-hydroxylation sites is 2. The van der Waals surface area contributed by atoms with Crippen molar-refractivity contribution < 1.29 is 9.84 Å². The van der Waals surface area contributed by atoms with Crippen LogP contribution >= 0.6 is 0 Å². The highest BCUT2D eigenvalue weighted by Gasteiger charge is 2.08. The number of aromatic hydroxyl groups is 1. The number of nitrogens with zero attached hydrogens (tertiary/aromatic N) is 2. The Hall–Kier alpha value is -2.82. The Morgan fingerprint density at radius 1 is 1.10 bits per heavy atom. The first-order valence-corrected chi connectivity index (χ1v) is 6.58. The summed E-state index contributed by atoms with van der Waals surface area (Å²) in [7, 11) is 1.53. The Morgan fingerprint density at radius 3 is 2.81 bits per heavy atom. The van der Waals surface area contributed by atoms with E-state index in [-0.39, 0.29) is 5.75 Å². The van der Waals surface area contributed by atoms with Crippen molar-refractivity contribution in [3.05, 3.63) is 54.4 Å². The van der Waals surface area contributed by atoms with Gasteiger partial charge in [-0.15, -0.1) is 0 Å². The molecule has 1 aromatic heterocycles. The average Bonchev–Trinajstić information content (AvgIpc) is 2.54. The summed E-state index contributed by atoms with van der Waals surface area (Å²) < 4.78 is 5.10. The molecule has 21 heavy (non-hydrogen) atoms. The zero-order valence-electron chi connectivity index (χ0n) is 11.6. The quantitative estimate of drug-likeness (QED) is 0.769. The summed E-state index contributed by atoms with van der Waals surface area (Å²) in [4.78, 5) is 8.48. The van der Waals surface area contributed by atoms with Gasteiger partial charge in [-0.3, -0.25) is 0 Å². The van der Waals surface area contributed by atoms with Crippen LogP contribution in [0.2, 0.25) is 0 Å². The van der Waals surface area contributed by atoms with Crippen molar-refractivity contribution in [2.24, 2.45) is 0 Å². The highest BCUT2D eigenvalue weighted by atomic mass is 16.5. The number of phenols is 1. The van der Waals surface area contributed by atoms with Crippen LogP contribution in [0.4, 0.5) is 5.82 Å². The number of fused-ring (bicyclic) bond motifs is 1. The second kappa shape index (κ2) is 5.66. The molecule has 0 bridgehead atoms. The fourth-order valence-electron chi connectivity index (χ4n) is 2.20. The smallest absolute Gasteiger partial charge is 0.162 e. The summed E-state index contributed by atoms with van der Waals surface area (Å²) in [6, 6.07) is 13.2. The molecule has 5 nitrogen and oxygen atoms in total. The van der Waals surface area contributed by atoms with Crippen molar-refractivity contribution in [1.29, 1.82) is 0 Å². The maximum atomic E-state index is 10.1. The molecule has 0 unspecified atom stereocenters. The Bertz CT molecular complexity index is 769. The molecule has 106 valence electrons. The van der Waals surface area contributed by atoms with Crippen LogP contribution < -0.4 is 10.1 Å².